The lowest BCUT2D eigenvalue weighted by atomic mass is 10.0. The van der Waals surface area contributed by atoms with Gasteiger partial charge in [-0.3, -0.25) is 0 Å². The van der Waals surface area contributed by atoms with E-state index in [9.17, 15) is 4.39 Å². The van der Waals surface area contributed by atoms with Crippen molar-refractivity contribution in [1.29, 1.82) is 0 Å². The number of nitrogens with one attached hydrogen (secondary N) is 1. The molecule has 0 spiro atoms. The van der Waals surface area contributed by atoms with Crippen molar-refractivity contribution in [3.8, 4) is 0 Å². The third kappa shape index (κ3) is 3.72. The van der Waals surface area contributed by atoms with E-state index in [2.05, 4.69) is 5.32 Å². The molecule has 0 radical (unpaired) electrons. The van der Waals surface area contributed by atoms with Crippen molar-refractivity contribution in [2.45, 2.75) is 25.9 Å². The fourth-order valence-electron chi connectivity index (χ4n) is 2.16. The zero-order valence-electron chi connectivity index (χ0n) is 11.3. The SMILES string of the molecule is CC(N[C@@H](C)c1ccc(F)cc1)c1cc(Cl)ccc1Cl. The average molecular weight is 312 g/mol. The molecule has 0 aliphatic rings. The number of rotatable bonds is 4. The van der Waals surface area contributed by atoms with E-state index in [1.54, 1.807) is 24.3 Å². The van der Waals surface area contributed by atoms with Crippen LogP contribution in [0.5, 0.6) is 0 Å². The van der Waals surface area contributed by atoms with Crippen LogP contribution in [0.4, 0.5) is 4.39 Å². The molecule has 4 heteroatoms. The van der Waals surface area contributed by atoms with Gasteiger partial charge in [0.2, 0.25) is 0 Å². The summed E-state index contributed by atoms with van der Waals surface area (Å²) in [6.07, 6.45) is 0. The van der Waals surface area contributed by atoms with Gasteiger partial charge in [0, 0.05) is 22.1 Å². The smallest absolute Gasteiger partial charge is 0.123 e. The van der Waals surface area contributed by atoms with Crippen LogP contribution in [-0.2, 0) is 0 Å². The van der Waals surface area contributed by atoms with Gasteiger partial charge in [-0.05, 0) is 55.3 Å². The normalized spacial score (nSPS) is 14.1. The molecule has 0 aromatic heterocycles. The maximum atomic E-state index is 12.9. The van der Waals surface area contributed by atoms with Gasteiger partial charge < -0.3 is 5.32 Å². The lowest BCUT2D eigenvalue weighted by Crippen LogP contribution is -2.22. The van der Waals surface area contributed by atoms with E-state index in [-0.39, 0.29) is 17.9 Å². The molecule has 2 rings (SSSR count). The zero-order chi connectivity index (χ0) is 14.7. The van der Waals surface area contributed by atoms with Crippen molar-refractivity contribution in [1.82, 2.24) is 5.32 Å². The molecule has 2 atom stereocenters. The van der Waals surface area contributed by atoms with E-state index in [0.717, 1.165) is 11.1 Å². The molecule has 0 heterocycles. The van der Waals surface area contributed by atoms with Crippen LogP contribution in [-0.4, -0.2) is 0 Å². The first-order valence-electron chi connectivity index (χ1n) is 6.44. The number of benzene rings is 2. The summed E-state index contributed by atoms with van der Waals surface area (Å²) in [7, 11) is 0. The maximum Gasteiger partial charge on any atom is 0.123 e. The van der Waals surface area contributed by atoms with Crippen LogP contribution in [0, 0.1) is 5.82 Å². The van der Waals surface area contributed by atoms with E-state index < -0.39 is 0 Å². The molecule has 1 N–H and O–H groups in total. The standard InChI is InChI=1S/C16H16Cl2FN/c1-10(12-3-6-14(19)7-4-12)20-11(2)15-9-13(17)5-8-16(15)18/h3-11,20H,1-2H3/t10-,11?/m0/s1. The van der Waals surface area contributed by atoms with Gasteiger partial charge in [0.15, 0.2) is 0 Å². The Bertz CT molecular complexity index is 584. The molecule has 0 saturated carbocycles. The van der Waals surface area contributed by atoms with E-state index in [4.69, 9.17) is 23.2 Å². The van der Waals surface area contributed by atoms with Gasteiger partial charge in [0.05, 0.1) is 0 Å². The molecule has 0 saturated heterocycles. The second kappa shape index (κ2) is 6.57. The Hall–Kier alpha value is -1.09. The molecule has 0 aliphatic carbocycles. The number of hydrogen-bond acceptors (Lipinski definition) is 1. The quantitative estimate of drug-likeness (QED) is 0.781. The summed E-state index contributed by atoms with van der Waals surface area (Å²) in [4.78, 5) is 0. The van der Waals surface area contributed by atoms with Gasteiger partial charge in [0.1, 0.15) is 5.82 Å². The molecular weight excluding hydrogens is 296 g/mol. The van der Waals surface area contributed by atoms with Gasteiger partial charge >= 0.3 is 0 Å². The van der Waals surface area contributed by atoms with Crippen molar-refractivity contribution in [3.63, 3.8) is 0 Å². The van der Waals surface area contributed by atoms with E-state index in [0.29, 0.717) is 10.0 Å². The second-order valence-corrected chi connectivity index (χ2v) is 5.67. The van der Waals surface area contributed by atoms with Gasteiger partial charge in [-0.25, -0.2) is 4.39 Å². The van der Waals surface area contributed by atoms with E-state index in [1.807, 2.05) is 19.9 Å². The summed E-state index contributed by atoms with van der Waals surface area (Å²) in [5.74, 6) is -0.230. The number of hydrogen-bond donors (Lipinski definition) is 1. The minimum atomic E-state index is -0.230. The topological polar surface area (TPSA) is 12.0 Å². The van der Waals surface area contributed by atoms with Gasteiger partial charge in [-0.15, -0.1) is 0 Å². The lowest BCUT2D eigenvalue weighted by molar-refractivity contribution is 0.494. The predicted octanol–water partition coefficient (Wildman–Crippen LogP) is 5.54. The zero-order valence-corrected chi connectivity index (χ0v) is 12.8. The maximum absolute atomic E-state index is 12.9. The van der Waals surface area contributed by atoms with Crippen LogP contribution in [0.15, 0.2) is 42.5 Å². The summed E-state index contributed by atoms with van der Waals surface area (Å²) in [5.41, 5.74) is 1.98. The first kappa shape index (κ1) is 15.3. The minimum absolute atomic E-state index is 0.0428. The fraction of sp³-hybridized carbons (Fsp3) is 0.250. The highest BCUT2D eigenvalue weighted by Crippen LogP contribution is 2.28. The fourth-order valence-corrected chi connectivity index (χ4v) is 2.62. The molecule has 1 nitrogen and oxygen atoms in total. The minimum Gasteiger partial charge on any atom is -0.304 e. The summed E-state index contributed by atoms with van der Waals surface area (Å²) in [5, 5.41) is 4.78. The second-order valence-electron chi connectivity index (χ2n) is 4.83. The van der Waals surface area contributed by atoms with Crippen molar-refractivity contribution >= 4 is 23.2 Å². The van der Waals surface area contributed by atoms with Crippen LogP contribution >= 0.6 is 23.2 Å². The highest BCUT2D eigenvalue weighted by molar-refractivity contribution is 6.33. The van der Waals surface area contributed by atoms with Crippen LogP contribution in [0.1, 0.15) is 37.1 Å². The summed E-state index contributed by atoms with van der Waals surface area (Å²) >= 11 is 12.2. The molecular formula is C16H16Cl2FN. The van der Waals surface area contributed by atoms with Crippen LogP contribution in [0.2, 0.25) is 10.0 Å². The Kier molecular flexibility index (Phi) is 5.03. The van der Waals surface area contributed by atoms with Crippen molar-refractivity contribution in [3.05, 3.63) is 69.5 Å². The largest absolute Gasteiger partial charge is 0.304 e. The molecule has 2 aromatic rings. The van der Waals surface area contributed by atoms with E-state index in [1.165, 1.54) is 12.1 Å². The van der Waals surface area contributed by atoms with Gasteiger partial charge in [-0.2, -0.15) is 0 Å². The molecule has 0 amide bonds. The lowest BCUT2D eigenvalue weighted by Gasteiger charge is -2.21. The Morgan fingerprint density at radius 3 is 2.25 bits per heavy atom. The predicted molar refractivity (Wildman–Crippen MR) is 82.8 cm³/mol. The summed E-state index contributed by atoms with van der Waals surface area (Å²) < 4.78 is 12.9. The summed E-state index contributed by atoms with van der Waals surface area (Å²) in [6, 6.07) is 12.0. The number of halogens is 3. The van der Waals surface area contributed by atoms with Crippen molar-refractivity contribution in [2.75, 3.05) is 0 Å². The monoisotopic (exact) mass is 311 g/mol. The van der Waals surface area contributed by atoms with Crippen molar-refractivity contribution < 1.29 is 4.39 Å². The van der Waals surface area contributed by atoms with Crippen LogP contribution < -0.4 is 5.32 Å². The van der Waals surface area contributed by atoms with Gasteiger partial charge in [-0.1, -0.05) is 35.3 Å². The molecule has 2 aromatic carbocycles. The van der Waals surface area contributed by atoms with Crippen LogP contribution in [0.3, 0.4) is 0 Å². The third-order valence-corrected chi connectivity index (χ3v) is 3.87. The highest BCUT2D eigenvalue weighted by atomic mass is 35.5. The summed E-state index contributed by atoms with van der Waals surface area (Å²) in [6.45, 7) is 4.06. The van der Waals surface area contributed by atoms with Gasteiger partial charge in [0.25, 0.3) is 0 Å². The first-order valence-corrected chi connectivity index (χ1v) is 7.19. The molecule has 106 valence electrons. The van der Waals surface area contributed by atoms with E-state index >= 15 is 0 Å². The Morgan fingerprint density at radius 1 is 0.950 bits per heavy atom. The Labute approximate surface area is 128 Å². The molecule has 0 bridgehead atoms. The Morgan fingerprint density at radius 2 is 1.60 bits per heavy atom. The molecule has 20 heavy (non-hydrogen) atoms. The molecule has 0 fully saturated rings. The molecule has 0 aliphatic heterocycles. The third-order valence-electron chi connectivity index (χ3n) is 3.29. The van der Waals surface area contributed by atoms with Crippen LogP contribution in [0.25, 0.3) is 0 Å². The first-order chi connectivity index (χ1) is 9.47. The highest BCUT2D eigenvalue weighted by Gasteiger charge is 2.14. The Balaban J connectivity index is 2.12. The molecule has 1 unspecified atom stereocenters. The average Bonchev–Trinajstić information content (AvgIpc) is 2.42. The van der Waals surface area contributed by atoms with Crippen molar-refractivity contribution in [2.24, 2.45) is 0 Å².